The highest BCUT2D eigenvalue weighted by atomic mass is 31.2. The van der Waals surface area contributed by atoms with Crippen molar-refractivity contribution < 1.29 is 32.2 Å². The molecule has 0 atom stereocenters. The molecule has 14 heavy (non-hydrogen) atoms. The van der Waals surface area contributed by atoms with E-state index in [0.29, 0.717) is 0 Å². The number of phosphoric ester groups is 1. The smallest absolute Gasteiger partial charge is 0.377 e. The van der Waals surface area contributed by atoms with E-state index in [4.69, 9.17) is 23.1 Å². The van der Waals surface area contributed by atoms with Crippen LogP contribution in [0, 0.1) is 0 Å². The Morgan fingerprint density at radius 2 is 1.57 bits per heavy atom. The Morgan fingerprint density at radius 3 is 1.86 bits per heavy atom. The van der Waals surface area contributed by atoms with E-state index >= 15 is 0 Å². The van der Waals surface area contributed by atoms with Crippen molar-refractivity contribution in [3.63, 3.8) is 0 Å². The Labute approximate surface area is 83.5 Å². The molecule has 0 rings (SSSR count). The van der Waals surface area contributed by atoms with Gasteiger partial charge >= 0.3 is 16.6 Å². The van der Waals surface area contributed by atoms with Crippen LogP contribution in [0.25, 0.3) is 0 Å². The summed E-state index contributed by atoms with van der Waals surface area (Å²) in [6, 6.07) is 0.182. The van der Waals surface area contributed by atoms with Crippen molar-refractivity contribution in [3.05, 3.63) is 0 Å². The van der Waals surface area contributed by atoms with Crippen LogP contribution in [-0.4, -0.2) is 46.5 Å². The molecule has 0 amide bonds. The highest BCUT2D eigenvalue weighted by molar-refractivity contribution is 7.46. The summed E-state index contributed by atoms with van der Waals surface area (Å²) in [6.07, 6.45) is 0. The zero-order chi connectivity index (χ0) is 11.2. The van der Waals surface area contributed by atoms with Gasteiger partial charge in [-0.1, -0.05) is 0 Å². The van der Waals surface area contributed by atoms with Gasteiger partial charge in [-0.3, -0.25) is 4.52 Å². The molecule has 86 valence electrons. The zero-order valence-corrected chi connectivity index (χ0v) is 10.2. The standard InChI is InChI=1S/C5H15O7PSi/c1-9-14(10-2,11-3)5-4-12-13(6,7)8/h4-5H2,1-3H3,(H2,6,7,8). The second kappa shape index (κ2) is 5.94. The molecule has 0 aromatic rings. The van der Waals surface area contributed by atoms with Crippen LogP contribution >= 0.6 is 7.82 Å². The fourth-order valence-corrected chi connectivity index (χ4v) is 2.81. The molecule has 7 nitrogen and oxygen atoms in total. The van der Waals surface area contributed by atoms with Gasteiger partial charge in [0.15, 0.2) is 0 Å². The minimum Gasteiger partial charge on any atom is -0.377 e. The van der Waals surface area contributed by atoms with Crippen molar-refractivity contribution in [1.29, 1.82) is 0 Å². The lowest BCUT2D eigenvalue weighted by Crippen LogP contribution is -2.43. The first kappa shape index (κ1) is 14.2. The highest BCUT2D eigenvalue weighted by Crippen LogP contribution is 2.36. The number of rotatable bonds is 7. The van der Waals surface area contributed by atoms with Gasteiger partial charge in [0.2, 0.25) is 0 Å². The van der Waals surface area contributed by atoms with Crippen molar-refractivity contribution in [2.45, 2.75) is 6.04 Å². The SMILES string of the molecule is CO[Si](CCOP(=O)(O)O)(OC)OC. The zero-order valence-electron chi connectivity index (χ0n) is 8.30. The van der Waals surface area contributed by atoms with E-state index in [-0.39, 0.29) is 12.7 Å². The predicted molar refractivity (Wildman–Crippen MR) is 49.6 cm³/mol. The molecular formula is C5H15O7PSi. The van der Waals surface area contributed by atoms with Crippen molar-refractivity contribution in [2.75, 3.05) is 27.9 Å². The topological polar surface area (TPSA) is 94.5 Å². The minimum atomic E-state index is -4.43. The maximum atomic E-state index is 10.3. The van der Waals surface area contributed by atoms with E-state index in [9.17, 15) is 4.57 Å². The van der Waals surface area contributed by atoms with Crippen LogP contribution < -0.4 is 0 Å². The molecule has 0 aromatic carbocycles. The van der Waals surface area contributed by atoms with E-state index in [1.54, 1.807) is 0 Å². The average Bonchev–Trinajstić information content (AvgIpc) is 2.11. The van der Waals surface area contributed by atoms with Gasteiger partial charge in [-0.25, -0.2) is 4.57 Å². The molecule has 0 aliphatic rings. The lowest BCUT2D eigenvalue weighted by Gasteiger charge is -2.23. The molecule has 0 heterocycles. The summed E-state index contributed by atoms with van der Waals surface area (Å²) in [6.45, 7) is -0.175. The summed E-state index contributed by atoms with van der Waals surface area (Å²) >= 11 is 0. The van der Waals surface area contributed by atoms with Crippen molar-refractivity contribution in [3.8, 4) is 0 Å². The first-order valence-electron chi connectivity index (χ1n) is 3.74. The van der Waals surface area contributed by atoms with Crippen LogP contribution in [0.1, 0.15) is 0 Å². The Hall–Kier alpha value is 0.207. The van der Waals surface area contributed by atoms with Crippen LogP contribution in [-0.2, 0) is 22.4 Å². The van der Waals surface area contributed by atoms with Crippen LogP contribution in [0.2, 0.25) is 6.04 Å². The monoisotopic (exact) mass is 246 g/mol. The summed E-state index contributed by atoms with van der Waals surface area (Å²) < 4.78 is 29.6. The molecule has 0 saturated heterocycles. The molecule has 0 radical (unpaired) electrons. The predicted octanol–water partition coefficient (Wildman–Crippen LogP) is -0.0262. The van der Waals surface area contributed by atoms with Gasteiger partial charge in [0.05, 0.1) is 6.61 Å². The quantitative estimate of drug-likeness (QED) is 0.481. The van der Waals surface area contributed by atoms with Crippen LogP contribution in [0.5, 0.6) is 0 Å². The largest absolute Gasteiger partial charge is 0.502 e. The van der Waals surface area contributed by atoms with Gasteiger partial charge in [-0.2, -0.15) is 0 Å². The van der Waals surface area contributed by atoms with Crippen molar-refractivity contribution >= 4 is 16.6 Å². The molecule has 0 fully saturated rings. The molecule has 9 heteroatoms. The van der Waals surface area contributed by atoms with E-state index in [1.165, 1.54) is 21.3 Å². The maximum absolute atomic E-state index is 10.3. The lowest BCUT2D eigenvalue weighted by atomic mass is 10.9. The first-order chi connectivity index (χ1) is 6.39. The first-order valence-corrected chi connectivity index (χ1v) is 7.21. The van der Waals surface area contributed by atoms with Gasteiger partial charge in [-0.05, 0) is 0 Å². The molecule has 0 saturated carbocycles. The van der Waals surface area contributed by atoms with Gasteiger partial charge in [0.1, 0.15) is 0 Å². The molecule has 0 aromatic heterocycles. The Bertz CT molecular complexity index is 192. The maximum Gasteiger partial charge on any atom is 0.502 e. The number of hydrogen-bond acceptors (Lipinski definition) is 5. The second-order valence-electron chi connectivity index (χ2n) is 2.37. The molecule has 0 bridgehead atoms. The summed E-state index contributed by atoms with van der Waals surface area (Å²) in [4.78, 5) is 16.8. The third kappa shape index (κ3) is 5.18. The number of phosphoric acid groups is 1. The third-order valence-corrected chi connectivity index (χ3v) is 4.80. The molecule has 0 aliphatic heterocycles. The normalized spacial score (nSPS) is 13.2. The van der Waals surface area contributed by atoms with Crippen LogP contribution in [0.15, 0.2) is 0 Å². The molecule has 0 unspecified atom stereocenters. The minimum absolute atomic E-state index is 0.175. The fourth-order valence-electron chi connectivity index (χ4n) is 0.846. The van der Waals surface area contributed by atoms with Crippen LogP contribution in [0.3, 0.4) is 0 Å². The highest BCUT2D eigenvalue weighted by Gasteiger charge is 2.38. The van der Waals surface area contributed by atoms with Gasteiger partial charge in [0, 0.05) is 27.4 Å². The van der Waals surface area contributed by atoms with Gasteiger partial charge in [-0.15, -0.1) is 0 Å². The Balaban J connectivity index is 4.01. The second-order valence-corrected chi connectivity index (χ2v) is 6.70. The fraction of sp³-hybridized carbons (Fsp3) is 1.00. The summed E-state index contributed by atoms with van der Waals surface area (Å²) in [5, 5.41) is 0. The molecule has 0 aliphatic carbocycles. The molecule has 2 N–H and O–H groups in total. The Morgan fingerprint density at radius 1 is 1.14 bits per heavy atom. The summed E-state index contributed by atoms with van der Waals surface area (Å²) in [5.74, 6) is 0. The summed E-state index contributed by atoms with van der Waals surface area (Å²) in [7, 11) is -2.97. The Kier molecular flexibility index (Phi) is 6.02. The number of hydrogen-bond donors (Lipinski definition) is 2. The molecule has 0 spiro atoms. The third-order valence-electron chi connectivity index (χ3n) is 1.60. The van der Waals surface area contributed by atoms with Gasteiger partial charge < -0.3 is 23.1 Å². The lowest BCUT2D eigenvalue weighted by molar-refractivity contribution is 0.114. The van der Waals surface area contributed by atoms with Crippen molar-refractivity contribution in [1.82, 2.24) is 0 Å². The van der Waals surface area contributed by atoms with E-state index in [0.717, 1.165) is 0 Å². The molecular weight excluding hydrogens is 231 g/mol. The van der Waals surface area contributed by atoms with Gasteiger partial charge in [0.25, 0.3) is 0 Å². The summed E-state index contributed by atoms with van der Waals surface area (Å²) in [5.41, 5.74) is 0. The van der Waals surface area contributed by atoms with Crippen LogP contribution in [0.4, 0.5) is 0 Å². The average molecular weight is 246 g/mol. The van der Waals surface area contributed by atoms with E-state index < -0.39 is 16.6 Å². The van der Waals surface area contributed by atoms with E-state index in [2.05, 4.69) is 4.52 Å². The van der Waals surface area contributed by atoms with Crippen molar-refractivity contribution in [2.24, 2.45) is 0 Å². The van der Waals surface area contributed by atoms with E-state index in [1.807, 2.05) is 0 Å².